The Morgan fingerprint density at radius 2 is 1.90 bits per heavy atom. The summed E-state index contributed by atoms with van der Waals surface area (Å²) in [4.78, 5) is 39.2. The first-order chi connectivity index (χ1) is 20.5. The molecule has 1 aliphatic heterocycles. The highest BCUT2D eigenvalue weighted by Gasteiger charge is 2.50. The van der Waals surface area contributed by atoms with Crippen LogP contribution >= 0.6 is 11.3 Å². The number of hydrogen-bond acceptors (Lipinski definition) is 9. The van der Waals surface area contributed by atoms with Crippen LogP contribution in [0.2, 0.25) is 0 Å². The van der Waals surface area contributed by atoms with Crippen LogP contribution in [0, 0.1) is 0 Å². The molecule has 2 fully saturated rings. The molecule has 6 rings (SSSR count). The Labute approximate surface area is 247 Å². The highest BCUT2D eigenvalue weighted by atomic mass is 32.1. The normalized spacial score (nSPS) is 17.4. The van der Waals surface area contributed by atoms with Gasteiger partial charge in [-0.3, -0.25) is 14.3 Å². The Balaban J connectivity index is 1.35. The van der Waals surface area contributed by atoms with Crippen molar-refractivity contribution < 1.29 is 23.7 Å². The molecule has 0 radical (unpaired) electrons. The second-order valence-electron chi connectivity index (χ2n) is 10.5. The van der Waals surface area contributed by atoms with E-state index >= 15 is 0 Å². The van der Waals surface area contributed by atoms with Crippen LogP contribution in [0.3, 0.4) is 0 Å². The molecule has 2 aliphatic rings. The van der Waals surface area contributed by atoms with Gasteiger partial charge in [0, 0.05) is 24.8 Å². The van der Waals surface area contributed by atoms with Gasteiger partial charge in [-0.2, -0.15) is 0 Å². The molecule has 2 aromatic heterocycles. The van der Waals surface area contributed by atoms with Crippen molar-refractivity contribution in [2.45, 2.75) is 57.4 Å². The Morgan fingerprint density at radius 3 is 2.62 bits per heavy atom. The number of likely N-dealkylation sites (tertiary alicyclic amines) is 1. The van der Waals surface area contributed by atoms with Gasteiger partial charge in [0.25, 0.3) is 5.56 Å². The van der Waals surface area contributed by atoms with Gasteiger partial charge in [-0.15, -0.1) is 0 Å². The second kappa shape index (κ2) is 11.7. The minimum Gasteiger partial charge on any atom is -0.497 e. The summed E-state index contributed by atoms with van der Waals surface area (Å²) in [5, 5.41) is 0.691. The Bertz CT molecular complexity index is 1650. The molecule has 0 bridgehead atoms. The monoisotopic (exact) mass is 590 g/mol. The van der Waals surface area contributed by atoms with Gasteiger partial charge in [-0.05, 0) is 50.3 Å². The number of rotatable bonds is 10. The summed E-state index contributed by atoms with van der Waals surface area (Å²) < 4.78 is 24.4. The van der Waals surface area contributed by atoms with Crippen molar-refractivity contribution in [1.82, 2.24) is 19.4 Å². The predicted octanol–water partition coefficient (Wildman–Crippen LogP) is 5.42. The molecule has 1 saturated carbocycles. The molecule has 1 aliphatic carbocycles. The summed E-state index contributed by atoms with van der Waals surface area (Å²) in [5.41, 5.74) is 1.19. The van der Waals surface area contributed by atoms with Crippen molar-refractivity contribution in [2.24, 2.45) is 0 Å². The quantitative estimate of drug-likeness (QED) is 0.241. The maximum Gasteiger partial charge on any atom is 0.410 e. The van der Waals surface area contributed by atoms with Crippen LogP contribution in [0.5, 0.6) is 11.5 Å². The highest BCUT2D eigenvalue weighted by molar-refractivity contribution is 7.18. The number of carbonyl (C=O) groups excluding carboxylic acids is 1. The molecular formula is C31H34N4O6S. The minimum absolute atomic E-state index is 0.201. The first-order valence-electron chi connectivity index (χ1n) is 14.2. The summed E-state index contributed by atoms with van der Waals surface area (Å²) in [6.07, 6.45) is 2.76. The van der Waals surface area contributed by atoms with E-state index in [0.717, 1.165) is 36.8 Å². The van der Waals surface area contributed by atoms with E-state index in [0.29, 0.717) is 45.8 Å². The van der Waals surface area contributed by atoms with Gasteiger partial charge in [-0.1, -0.05) is 41.7 Å². The molecule has 1 amide bonds. The molecule has 1 atom stereocenters. The molecule has 4 aromatic rings. The molecule has 10 nitrogen and oxygen atoms in total. The van der Waals surface area contributed by atoms with E-state index in [1.807, 2.05) is 49.4 Å². The van der Waals surface area contributed by atoms with Crippen LogP contribution in [-0.4, -0.2) is 52.9 Å². The molecule has 0 N–H and O–H groups in total. The fourth-order valence-electron chi connectivity index (χ4n) is 5.58. The van der Waals surface area contributed by atoms with Gasteiger partial charge in [-0.25, -0.2) is 14.8 Å². The van der Waals surface area contributed by atoms with Crippen molar-refractivity contribution in [3.8, 4) is 11.5 Å². The van der Waals surface area contributed by atoms with E-state index in [-0.39, 0.29) is 30.8 Å². The fraction of sp³-hybridized carbons (Fsp3) is 0.419. The van der Waals surface area contributed by atoms with Crippen LogP contribution in [0.25, 0.3) is 10.3 Å². The third-order valence-corrected chi connectivity index (χ3v) is 8.92. The number of aromatic nitrogens is 3. The third-order valence-electron chi connectivity index (χ3n) is 7.87. The second-order valence-corrected chi connectivity index (χ2v) is 11.5. The van der Waals surface area contributed by atoms with Gasteiger partial charge in [0.2, 0.25) is 0 Å². The zero-order valence-corrected chi connectivity index (χ0v) is 24.8. The van der Waals surface area contributed by atoms with E-state index in [1.165, 1.54) is 11.3 Å². The standard InChI is InChI=1S/C31H34N4O6S/c1-4-41-31(14-15-31)29-33-27-25(28(36)35(29)18-21-12-13-22(38-2)17-24(21)39-3)32-26(42-27)23-11-8-16-34(23)30(37)40-19-20-9-6-5-7-10-20/h5-7,9-10,12-13,17,23H,4,8,11,14-16,18-19H2,1-3H3/t23-/m1/s1. The largest absolute Gasteiger partial charge is 0.497 e. The summed E-state index contributed by atoms with van der Waals surface area (Å²) in [5.74, 6) is 1.88. The lowest BCUT2D eigenvalue weighted by Gasteiger charge is -2.22. The Morgan fingerprint density at radius 1 is 1.10 bits per heavy atom. The Kier molecular flexibility index (Phi) is 7.87. The topological polar surface area (TPSA) is 105 Å². The van der Waals surface area contributed by atoms with Gasteiger partial charge in [0.1, 0.15) is 34.5 Å². The fourth-order valence-corrected chi connectivity index (χ4v) is 6.66. The molecule has 2 aromatic carbocycles. The average molecular weight is 591 g/mol. The Hall–Kier alpha value is -3.96. The van der Waals surface area contributed by atoms with Crippen molar-refractivity contribution in [2.75, 3.05) is 27.4 Å². The van der Waals surface area contributed by atoms with Gasteiger partial charge in [0.05, 0.1) is 26.8 Å². The SMILES string of the molecule is CCOC1(c2nc3sc([C@H]4CCCN4C(=O)OCc4ccccc4)nc3c(=O)n2Cc2ccc(OC)cc2OC)CC1. The van der Waals surface area contributed by atoms with Crippen molar-refractivity contribution in [3.63, 3.8) is 0 Å². The number of nitrogens with zero attached hydrogens (tertiary/aromatic N) is 4. The molecule has 0 unspecified atom stereocenters. The summed E-state index contributed by atoms with van der Waals surface area (Å²) >= 11 is 1.37. The molecule has 42 heavy (non-hydrogen) atoms. The van der Waals surface area contributed by atoms with E-state index < -0.39 is 5.60 Å². The third kappa shape index (κ3) is 5.34. The zero-order valence-electron chi connectivity index (χ0n) is 24.0. The van der Waals surface area contributed by atoms with E-state index in [9.17, 15) is 9.59 Å². The lowest BCUT2D eigenvalue weighted by atomic mass is 10.1. The van der Waals surface area contributed by atoms with Crippen LogP contribution < -0.4 is 15.0 Å². The van der Waals surface area contributed by atoms with E-state index in [1.54, 1.807) is 29.8 Å². The van der Waals surface area contributed by atoms with Crippen molar-refractivity contribution >= 4 is 27.8 Å². The van der Waals surface area contributed by atoms with Crippen LogP contribution in [-0.2, 0) is 28.2 Å². The van der Waals surface area contributed by atoms with E-state index in [4.69, 9.17) is 28.9 Å². The first-order valence-corrected chi connectivity index (χ1v) is 15.0. The number of fused-ring (bicyclic) bond motifs is 1. The maximum atomic E-state index is 14.1. The molecule has 1 saturated heterocycles. The van der Waals surface area contributed by atoms with E-state index in [2.05, 4.69) is 0 Å². The summed E-state index contributed by atoms with van der Waals surface area (Å²) in [6.45, 7) is 3.47. The number of benzene rings is 2. The number of hydrogen-bond donors (Lipinski definition) is 0. The number of amides is 1. The molecule has 11 heteroatoms. The molecule has 0 spiro atoms. The maximum absolute atomic E-state index is 14.1. The molecular weight excluding hydrogens is 556 g/mol. The summed E-state index contributed by atoms with van der Waals surface area (Å²) in [7, 11) is 3.19. The number of carbonyl (C=O) groups is 1. The lowest BCUT2D eigenvalue weighted by Crippen LogP contribution is -2.32. The first kappa shape index (κ1) is 28.2. The lowest BCUT2D eigenvalue weighted by molar-refractivity contribution is 0.0297. The van der Waals surface area contributed by atoms with Gasteiger partial charge < -0.3 is 18.9 Å². The van der Waals surface area contributed by atoms with Gasteiger partial charge >= 0.3 is 6.09 Å². The van der Waals surface area contributed by atoms with Crippen molar-refractivity contribution in [1.29, 1.82) is 0 Å². The average Bonchev–Trinajstić information content (AvgIpc) is 3.41. The minimum atomic E-state index is -0.605. The zero-order chi connectivity index (χ0) is 29.3. The van der Waals surface area contributed by atoms with Crippen LogP contribution in [0.4, 0.5) is 4.79 Å². The number of thiazole rings is 1. The van der Waals surface area contributed by atoms with Crippen LogP contribution in [0.15, 0.2) is 53.3 Å². The number of ether oxygens (including phenoxy) is 4. The summed E-state index contributed by atoms with van der Waals surface area (Å²) in [6, 6.07) is 14.9. The highest BCUT2D eigenvalue weighted by Crippen LogP contribution is 2.49. The van der Waals surface area contributed by atoms with Gasteiger partial charge in [0.15, 0.2) is 10.3 Å². The number of methoxy groups -OCH3 is 2. The smallest absolute Gasteiger partial charge is 0.410 e. The van der Waals surface area contributed by atoms with Crippen molar-refractivity contribution in [3.05, 3.63) is 80.8 Å². The molecule has 3 heterocycles. The predicted molar refractivity (Wildman–Crippen MR) is 158 cm³/mol. The molecule has 220 valence electrons. The van der Waals surface area contributed by atoms with Crippen LogP contribution in [0.1, 0.15) is 60.6 Å².